The van der Waals surface area contributed by atoms with Crippen LogP contribution >= 0.6 is 0 Å². The van der Waals surface area contributed by atoms with Crippen LogP contribution < -0.4 is 10.2 Å². The first-order chi connectivity index (χ1) is 9.90. The summed E-state index contributed by atoms with van der Waals surface area (Å²) >= 11 is 0. The second-order valence-electron chi connectivity index (χ2n) is 6.99. The van der Waals surface area contributed by atoms with Gasteiger partial charge in [0.25, 0.3) is 0 Å². The average Bonchev–Trinajstić information content (AvgIpc) is 3.22. The lowest BCUT2D eigenvalue weighted by Crippen LogP contribution is -2.34. The molecule has 2 nitrogen and oxygen atoms in total. The molecule has 1 aliphatic heterocycles. The van der Waals surface area contributed by atoms with Crippen molar-refractivity contribution in [2.45, 2.75) is 51.1 Å². The third-order valence-electron chi connectivity index (χ3n) is 5.73. The van der Waals surface area contributed by atoms with E-state index in [1.165, 1.54) is 62.9 Å². The molecule has 3 atom stereocenters. The summed E-state index contributed by atoms with van der Waals surface area (Å²) in [5, 5.41) is 3.87. The van der Waals surface area contributed by atoms with Crippen molar-refractivity contribution >= 4 is 5.69 Å². The van der Waals surface area contributed by atoms with E-state index in [2.05, 4.69) is 34.5 Å². The number of hydrogen-bond donors (Lipinski definition) is 1. The van der Waals surface area contributed by atoms with Crippen LogP contribution in [0, 0.1) is 11.8 Å². The van der Waals surface area contributed by atoms with Gasteiger partial charge in [-0.1, -0.05) is 24.6 Å². The Morgan fingerprint density at radius 3 is 2.65 bits per heavy atom. The van der Waals surface area contributed by atoms with E-state index in [1.807, 2.05) is 0 Å². The zero-order chi connectivity index (χ0) is 13.4. The molecule has 1 aromatic carbocycles. The summed E-state index contributed by atoms with van der Waals surface area (Å²) < 4.78 is 0. The molecule has 0 spiro atoms. The monoisotopic (exact) mass is 270 g/mol. The number of benzene rings is 1. The van der Waals surface area contributed by atoms with Crippen LogP contribution in [0.25, 0.3) is 0 Å². The average molecular weight is 270 g/mol. The summed E-state index contributed by atoms with van der Waals surface area (Å²) in [6.07, 6.45) is 8.59. The molecule has 0 amide bonds. The smallest absolute Gasteiger partial charge is 0.0411 e. The number of nitrogens with one attached hydrogen (secondary N) is 1. The topological polar surface area (TPSA) is 15.3 Å². The van der Waals surface area contributed by atoms with Gasteiger partial charge in [-0.3, -0.25) is 0 Å². The zero-order valence-electron chi connectivity index (χ0n) is 12.4. The van der Waals surface area contributed by atoms with Gasteiger partial charge in [0.1, 0.15) is 0 Å². The molecule has 2 heteroatoms. The SMILES string of the molecule is c1ccc(N2CCCC2)c(CNC2CC3CCC2C3)c1. The summed E-state index contributed by atoms with van der Waals surface area (Å²) in [4.78, 5) is 2.57. The van der Waals surface area contributed by atoms with Gasteiger partial charge < -0.3 is 10.2 Å². The van der Waals surface area contributed by atoms with Gasteiger partial charge in [0, 0.05) is 31.4 Å². The molecule has 108 valence electrons. The van der Waals surface area contributed by atoms with E-state index in [-0.39, 0.29) is 0 Å². The van der Waals surface area contributed by atoms with Gasteiger partial charge in [0.05, 0.1) is 0 Å². The predicted molar refractivity (Wildman–Crippen MR) is 84.0 cm³/mol. The fraction of sp³-hybridized carbons (Fsp3) is 0.667. The Morgan fingerprint density at radius 1 is 1.05 bits per heavy atom. The highest BCUT2D eigenvalue weighted by molar-refractivity contribution is 5.54. The minimum atomic E-state index is 0.792. The van der Waals surface area contributed by atoms with Crippen molar-refractivity contribution in [3.63, 3.8) is 0 Å². The quantitative estimate of drug-likeness (QED) is 0.900. The van der Waals surface area contributed by atoms with Crippen LogP contribution in [0.2, 0.25) is 0 Å². The van der Waals surface area contributed by atoms with Crippen LogP contribution in [0.5, 0.6) is 0 Å². The van der Waals surface area contributed by atoms with Gasteiger partial charge in [-0.2, -0.15) is 0 Å². The Morgan fingerprint density at radius 2 is 1.90 bits per heavy atom. The van der Waals surface area contributed by atoms with E-state index in [0.717, 1.165) is 24.4 Å². The molecule has 1 aromatic rings. The predicted octanol–water partition coefficient (Wildman–Crippen LogP) is 3.57. The van der Waals surface area contributed by atoms with Gasteiger partial charge in [-0.05, 0) is 55.6 Å². The second kappa shape index (κ2) is 5.40. The molecule has 3 aliphatic rings. The highest BCUT2D eigenvalue weighted by Crippen LogP contribution is 2.44. The molecular weight excluding hydrogens is 244 g/mol. The maximum atomic E-state index is 3.87. The highest BCUT2D eigenvalue weighted by Gasteiger charge is 2.39. The van der Waals surface area contributed by atoms with Crippen molar-refractivity contribution in [3.05, 3.63) is 29.8 Å². The summed E-state index contributed by atoms with van der Waals surface area (Å²) in [7, 11) is 0. The molecule has 2 aliphatic carbocycles. The summed E-state index contributed by atoms with van der Waals surface area (Å²) in [6.45, 7) is 3.54. The molecular formula is C18H26N2. The molecule has 1 saturated heterocycles. The Hall–Kier alpha value is -1.02. The van der Waals surface area contributed by atoms with Crippen LogP contribution in [0.15, 0.2) is 24.3 Å². The summed E-state index contributed by atoms with van der Waals surface area (Å²) in [6, 6.07) is 9.80. The number of rotatable bonds is 4. The zero-order valence-corrected chi connectivity index (χ0v) is 12.4. The molecule has 0 aromatic heterocycles. The molecule has 3 unspecified atom stereocenters. The lowest BCUT2D eigenvalue weighted by Gasteiger charge is -2.25. The lowest BCUT2D eigenvalue weighted by molar-refractivity contribution is 0.351. The van der Waals surface area contributed by atoms with Crippen molar-refractivity contribution in [1.29, 1.82) is 0 Å². The number of fused-ring (bicyclic) bond motifs is 2. The van der Waals surface area contributed by atoms with E-state index >= 15 is 0 Å². The largest absolute Gasteiger partial charge is 0.371 e. The maximum Gasteiger partial charge on any atom is 0.0411 e. The number of hydrogen-bond acceptors (Lipinski definition) is 2. The maximum absolute atomic E-state index is 3.87. The molecule has 3 fully saturated rings. The van der Waals surface area contributed by atoms with E-state index in [4.69, 9.17) is 0 Å². The number of para-hydroxylation sites is 1. The molecule has 1 N–H and O–H groups in total. The van der Waals surface area contributed by atoms with E-state index in [1.54, 1.807) is 0 Å². The Kier molecular flexibility index (Phi) is 3.43. The van der Waals surface area contributed by atoms with E-state index in [9.17, 15) is 0 Å². The minimum Gasteiger partial charge on any atom is -0.371 e. The third-order valence-corrected chi connectivity index (χ3v) is 5.73. The first-order valence-corrected chi connectivity index (χ1v) is 8.46. The van der Waals surface area contributed by atoms with Gasteiger partial charge >= 0.3 is 0 Å². The van der Waals surface area contributed by atoms with Crippen molar-refractivity contribution < 1.29 is 0 Å². The first kappa shape index (κ1) is 12.7. The lowest BCUT2D eigenvalue weighted by atomic mass is 9.95. The Labute approximate surface area is 122 Å². The summed E-state index contributed by atoms with van der Waals surface area (Å²) in [5.74, 6) is 2.00. The summed E-state index contributed by atoms with van der Waals surface area (Å²) in [5.41, 5.74) is 2.97. The van der Waals surface area contributed by atoms with E-state index in [0.29, 0.717) is 0 Å². The van der Waals surface area contributed by atoms with Crippen LogP contribution in [-0.2, 0) is 6.54 Å². The fourth-order valence-corrected chi connectivity index (χ4v) is 4.66. The van der Waals surface area contributed by atoms with Crippen molar-refractivity contribution in [1.82, 2.24) is 5.32 Å². The Balaban J connectivity index is 1.43. The highest BCUT2D eigenvalue weighted by atomic mass is 15.1. The number of anilines is 1. The van der Waals surface area contributed by atoms with Gasteiger partial charge in [0.2, 0.25) is 0 Å². The van der Waals surface area contributed by atoms with Crippen molar-refractivity contribution in [2.24, 2.45) is 11.8 Å². The molecule has 0 radical (unpaired) electrons. The molecule has 2 saturated carbocycles. The van der Waals surface area contributed by atoms with Crippen LogP contribution in [0.3, 0.4) is 0 Å². The minimum absolute atomic E-state index is 0.792. The fourth-order valence-electron chi connectivity index (χ4n) is 4.66. The molecule has 4 rings (SSSR count). The van der Waals surface area contributed by atoms with Crippen LogP contribution in [0.4, 0.5) is 5.69 Å². The standard InChI is InChI=1S/C18H26N2/c1-2-6-18(20-9-3-4-10-20)16(5-1)13-19-17-12-14-7-8-15(17)11-14/h1-2,5-6,14-15,17,19H,3-4,7-13H2. The number of nitrogens with zero attached hydrogens (tertiary/aromatic N) is 1. The van der Waals surface area contributed by atoms with Crippen LogP contribution in [-0.4, -0.2) is 19.1 Å². The van der Waals surface area contributed by atoms with Crippen molar-refractivity contribution in [3.8, 4) is 0 Å². The second-order valence-corrected chi connectivity index (χ2v) is 6.99. The normalized spacial score (nSPS) is 32.2. The van der Waals surface area contributed by atoms with Gasteiger partial charge in [-0.25, -0.2) is 0 Å². The van der Waals surface area contributed by atoms with Crippen LogP contribution in [0.1, 0.15) is 44.1 Å². The molecule has 1 heterocycles. The first-order valence-electron chi connectivity index (χ1n) is 8.46. The van der Waals surface area contributed by atoms with Gasteiger partial charge in [0.15, 0.2) is 0 Å². The van der Waals surface area contributed by atoms with Gasteiger partial charge in [-0.15, -0.1) is 0 Å². The molecule has 20 heavy (non-hydrogen) atoms. The molecule has 2 bridgehead atoms. The third kappa shape index (κ3) is 2.35. The Bertz CT molecular complexity index is 464. The van der Waals surface area contributed by atoms with E-state index < -0.39 is 0 Å². The van der Waals surface area contributed by atoms with Crippen molar-refractivity contribution in [2.75, 3.05) is 18.0 Å².